The molecule has 0 aliphatic heterocycles. The van der Waals surface area contributed by atoms with Gasteiger partial charge in [0.05, 0.1) is 30.1 Å². The number of hydrogen-bond acceptors (Lipinski definition) is 8. The van der Waals surface area contributed by atoms with E-state index in [1.54, 1.807) is 41.5 Å². The van der Waals surface area contributed by atoms with Gasteiger partial charge in [0.1, 0.15) is 0 Å². The van der Waals surface area contributed by atoms with E-state index in [4.69, 9.17) is 24.7 Å². The number of rotatable bonds is 10. The van der Waals surface area contributed by atoms with E-state index in [-0.39, 0.29) is 13.0 Å². The second-order valence-corrected chi connectivity index (χ2v) is 10.5. The van der Waals surface area contributed by atoms with E-state index in [0.29, 0.717) is 17.9 Å². The molecule has 3 amide bonds. The SMILES string of the molecule is CC[C@@]1(C(N)=O)CC[C@H]1N(OS(=O)(=O)OCC(C)(C)COC(=O)C(C)(C)C)C(N)=O. The molecule has 0 aromatic rings. The molecule has 0 saturated heterocycles. The third-order valence-electron chi connectivity index (χ3n) is 5.10. The van der Waals surface area contributed by atoms with Gasteiger partial charge in [-0.3, -0.25) is 9.59 Å². The van der Waals surface area contributed by atoms with Crippen LogP contribution in [-0.2, 0) is 33.2 Å². The van der Waals surface area contributed by atoms with Crippen molar-refractivity contribution in [3.05, 3.63) is 0 Å². The average molecular weight is 452 g/mol. The van der Waals surface area contributed by atoms with Gasteiger partial charge in [0, 0.05) is 5.41 Å². The van der Waals surface area contributed by atoms with Crippen molar-refractivity contribution in [3.63, 3.8) is 0 Å². The van der Waals surface area contributed by atoms with Gasteiger partial charge in [0.15, 0.2) is 0 Å². The van der Waals surface area contributed by atoms with E-state index in [0.717, 1.165) is 0 Å². The molecule has 1 fully saturated rings. The molecule has 11 nitrogen and oxygen atoms in total. The molecule has 1 aliphatic rings. The fourth-order valence-electron chi connectivity index (χ4n) is 2.95. The fourth-order valence-corrected chi connectivity index (χ4v) is 3.83. The van der Waals surface area contributed by atoms with E-state index in [2.05, 4.69) is 0 Å². The van der Waals surface area contributed by atoms with Gasteiger partial charge >= 0.3 is 22.4 Å². The zero-order chi connectivity index (χ0) is 23.5. The summed E-state index contributed by atoms with van der Waals surface area (Å²) >= 11 is 0. The Balaban J connectivity index is 2.80. The first-order chi connectivity index (χ1) is 13.5. The minimum absolute atomic E-state index is 0.0958. The van der Waals surface area contributed by atoms with Crippen LogP contribution in [0.25, 0.3) is 0 Å². The molecule has 0 aromatic carbocycles. The van der Waals surface area contributed by atoms with Gasteiger partial charge < -0.3 is 16.2 Å². The summed E-state index contributed by atoms with van der Waals surface area (Å²) < 4.78 is 39.4. The van der Waals surface area contributed by atoms with Crippen LogP contribution in [0.5, 0.6) is 0 Å². The maximum absolute atomic E-state index is 12.3. The second kappa shape index (κ2) is 9.06. The van der Waals surface area contributed by atoms with Crippen LogP contribution >= 0.6 is 0 Å². The number of nitrogens with zero attached hydrogens (tertiary/aromatic N) is 1. The first-order valence-corrected chi connectivity index (χ1v) is 11.0. The van der Waals surface area contributed by atoms with E-state index < -0.39 is 57.2 Å². The number of carbonyl (C=O) groups excluding carboxylic acids is 3. The number of esters is 1. The van der Waals surface area contributed by atoms with Crippen molar-refractivity contribution < 1.29 is 36.0 Å². The van der Waals surface area contributed by atoms with Crippen LogP contribution in [0.1, 0.15) is 60.8 Å². The van der Waals surface area contributed by atoms with Gasteiger partial charge in [0.25, 0.3) is 0 Å². The first kappa shape index (κ1) is 26.1. The number of ether oxygens (including phenoxy) is 1. The Morgan fingerprint density at radius 3 is 2.03 bits per heavy atom. The summed E-state index contributed by atoms with van der Waals surface area (Å²) in [4.78, 5) is 35.6. The lowest BCUT2D eigenvalue weighted by molar-refractivity contribution is -0.163. The maximum Gasteiger partial charge on any atom is 0.421 e. The lowest BCUT2D eigenvalue weighted by Gasteiger charge is -2.49. The van der Waals surface area contributed by atoms with Crippen LogP contribution in [0.2, 0.25) is 0 Å². The normalized spacial score (nSPS) is 22.1. The number of primary amides is 2. The third-order valence-corrected chi connectivity index (χ3v) is 5.85. The van der Waals surface area contributed by atoms with Crippen molar-refractivity contribution in [1.29, 1.82) is 0 Å². The predicted molar refractivity (Wildman–Crippen MR) is 107 cm³/mol. The van der Waals surface area contributed by atoms with Crippen LogP contribution in [0.4, 0.5) is 4.79 Å². The zero-order valence-electron chi connectivity index (χ0n) is 18.4. The highest BCUT2D eigenvalue weighted by molar-refractivity contribution is 7.81. The highest BCUT2D eigenvalue weighted by atomic mass is 32.3. The molecule has 0 heterocycles. The highest BCUT2D eigenvalue weighted by Gasteiger charge is 2.55. The number of hydroxylamine groups is 2. The van der Waals surface area contributed by atoms with Crippen molar-refractivity contribution >= 4 is 28.3 Å². The molecule has 174 valence electrons. The van der Waals surface area contributed by atoms with Crippen LogP contribution in [0.15, 0.2) is 0 Å². The summed E-state index contributed by atoms with van der Waals surface area (Å²) in [6, 6.07) is -2.11. The Hall–Kier alpha value is -1.92. The smallest absolute Gasteiger partial charge is 0.421 e. The molecule has 0 aromatic heterocycles. The van der Waals surface area contributed by atoms with Gasteiger partial charge in [-0.2, -0.15) is 13.5 Å². The summed E-state index contributed by atoms with van der Waals surface area (Å²) in [6.45, 7) is 9.55. The van der Waals surface area contributed by atoms with Crippen LogP contribution in [-0.4, -0.2) is 50.6 Å². The van der Waals surface area contributed by atoms with Crippen molar-refractivity contribution in [2.24, 2.45) is 27.7 Å². The molecule has 0 spiro atoms. The van der Waals surface area contributed by atoms with Crippen LogP contribution in [0, 0.1) is 16.2 Å². The largest absolute Gasteiger partial charge is 0.465 e. The van der Waals surface area contributed by atoms with Crippen molar-refractivity contribution in [1.82, 2.24) is 5.06 Å². The third kappa shape index (κ3) is 6.29. The lowest BCUT2D eigenvalue weighted by Crippen LogP contribution is -2.63. The standard InChI is InChI=1S/C18H33N3O8S/c1-7-18(13(19)22)9-8-12(18)21(15(20)24)29-30(25,26)28-11-17(5,6)10-27-14(23)16(2,3)4/h12H,7-11H2,1-6H3,(H2,19,22)(H2,20,24)/t12-,18-/m1/s1. The number of hydrogen-bond donors (Lipinski definition) is 2. The molecule has 1 saturated carbocycles. The summed E-state index contributed by atoms with van der Waals surface area (Å²) in [5.74, 6) is -1.11. The molecule has 0 radical (unpaired) electrons. The van der Waals surface area contributed by atoms with Crippen molar-refractivity contribution in [2.45, 2.75) is 66.8 Å². The minimum Gasteiger partial charge on any atom is -0.465 e. The monoisotopic (exact) mass is 451 g/mol. The van der Waals surface area contributed by atoms with Crippen LogP contribution in [0.3, 0.4) is 0 Å². The van der Waals surface area contributed by atoms with Gasteiger partial charge in [-0.1, -0.05) is 20.8 Å². The number of urea groups is 1. The average Bonchev–Trinajstić information content (AvgIpc) is 2.56. The maximum atomic E-state index is 12.3. The van der Waals surface area contributed by atoms with Gasteiger partial charge in [-0.05, 0) is 40.0 Å². The molecule has 30 heavy (non-hydrogen) atoms. The first-order valence-electron chi connectivity index (χ1n) is 9.62. The molecule has 0 unspecified atom stereocenters. The second-order valence-electron chi connectivity index (χ2n) is 9.33. The number of amides is 3. The molecular weight excluding hydrogens is 418 g/mol. The zero-order valence-corrected chi connectivity index (χ0v) is 19.2. The Bertz CT molecular complexity index is 771. The minimum atomic E-state index is -4.70. The topological polar surface area (TPSA) is 168 Å². The van der Waals surface area contributed by atoms with E-state index in [1.807, 2.05) is 0 Å². The summed E-state index contributed by atoms with van der Waals surface area (Å²) in [7, 11) is -4.70. The van der Waals surface area contributed by atoms with Crippen LogP contribution < -0.4 is 11.5 Å². The highest BCUT2D eigenvalue weighted by Crippen LogP contribution is 2.47. The molecule has 0 bridgehead atoms. The fraction of sp³-hybridized carbons (Fsp3) is 0.833. The predicted octanol–water partition coefficient (Wildman–Crippen LogP) is 1.22. The van der Waals surface area contributed by atoms with Gasteiger partial charge in [-0.25, -0.2) is 8.98 Å². The molecule has 4 N–H and O–H groups in total. The van der Waals surface area contributed by atoms with Crippen molar-refractivity contribution in [2.75, 3.05) is 13.2 Å². The molecule has 1 aliphatic carbocycles. The van der Waals surface area contributed by atoms with E-state index >= 15 is 0 Å². The summed E-state index contributed by atoms with van der Waals surface area (Å²) in [5.41, 5.74) is 8.02. The Morgan fingerprint density at radius 2 is 1.67 bits per heavy atom. The molecule has 1 rings (SSSR count). The van der Waals surface area contributed by atoms with Gasteiger partial charge in [0.2, 0.25) is 5.91 Å². The summed E-state index contributed by atoms with van der Waals surface area (Å²) in [5, 5.41) is 0.430. The Kier molecular flexibility index (Phi) is 7.89. The molecule has 2 atom stereocenters. The van der Waals surface area contributed by atoms with Gasteiger partial charge in [-0.15, -0.1) is 4.28 Å². The van der Waals surface area contributed by atoms with E-state index in [9.17, 15) is 22.8 Å². The Morgan fingerprint density at radius 1 is 1.10 bits per heavy atom. The molecule has 12 heteroatoms. The number of carbonyl (C=O) groups is 3. The Labute approximate surface area is 177 Å². The quantitative estimate of drug-likeness (QED) is 0.369. The summed E-state index contributed by atoms with van der Waals surface area (Å²) in [6.07, 6.45) is 0.959. The van der Waals surface area contributed by atoms with Crippen molar-refractivity contribution in [3.8, 4) is 0 Å². The molecular formula is C18H33N3O8S. The van der Waals surface area contributed by atoms with E-state index in [1.165, 1.54) is 0 Å². The number of nitrogens with two attached hydrogens (primary N) is 2. The lowest BCUT2D eigenvalue weighted by atomic mass is 9.62.